The largest absolute Gasteiger partial charge is 0.497 e. The molecule has 1 atom stereocenters. The summed E-state index contributed by atoms with van der Waals surface area (Å²) in [6.45, 7) is 4.58. The first-order valence-electron chi connectivity index (χ1n) is 11.3. The van der Waals surface area contributed by atoms with Gasteiger partial charge in [0.1, 0.15) is 12.3 Å². The van der Waals surface area contributed by atoms with Crippen LogP contribution < -0.4 is 4.74 Å². The molecule has 0 bridgehead atoms. The van der Waals surface area contributed by atoms with E-state index in [1.54, 1.807) is 18.0 Å². The lowest BCUT2D eigenvalue weighted by Gasteiger charge is -2.43. The van der Waals surface area contributed by atoms with Crippen LogP contribution >= 0.6 is 0 Å². The minimum Gasteiger partial charge on any atom is -0.497 e. The number of carbonyl (C=O) groups excluding carboxylic acids is 2. The summed E-state index contributed by atoms with van der Waals surface area (Å²) in [5.74, 6) is 1.36. The highest BCUT2D eigenvalue weighted by atomic mass is 16.5. The number of hydrogen-bond donors (Lipinski definition) is 0. The summed E-state index contributed by atoms with van der Waals surface area (Å²) in [5, 5.41) is 4.23. The number of piperidine rings is 2. The summed E-state index contributed by atoms with van der Waals surface area (Å²) >= 11 is 0. The van der Waals surface area contributed by atoms with Crippen molar-refractivity contribution in [2.24, 2.45) is 5.92 Å². The van der Waals surface area contributed by atoms with Crippen LogP contribution in [0.3, 0.4) is 0 Å². The summed E-state index contributed by atoms with van der Waals surface area (Å²) < 4.78 is 7.01. The van der Waals surface area contributed by atoms with Gasteiger partial charge in [-0.2, -0.15) is 5.10 Å². The normalized spacial score (nSPS) is 20.0. The molecule has 31 heavy (non-hydrogen) atoms. The summed E-state index contributed by atoms with van der Waals surface area (Å²) in [6.07, 6.45) is 8.80. The molecule has 7 heteroatoms. The molecule has 3 heterocycles. The number of amides is 2. The molecular formula is C24H32N4O3. The zero-order chi connectivity index (χ0) is 21.8. The first-order chi connectivity index (χ1) is 15.0. The van der Waals surface area contributed by atoms with Crippen LogP contribution in [0.1, 0.15) is 48.0 Å². The van der Waals surface area contributed by atoms with Gasteiger partial charge in [0.2, 0.25) is 5.91 Å². The van der Waals surface area contributed by atoms with Gasteiger partial charge in [0.25, 0.3) is 5.91 Å². The molecule has 0 saturated carbocycles. The number of likely N-dealkylation sites (tertiary alicyclic amines) is 2. The second kappa shape index (κ2) is 9.54. The fourth-order valence-corrected chi connectivity index (χ4v) is 4.95. The van der Waals surface area contributed by atoms with Crippen molar-refractivity contribution in [3.63, 3.8) is 0 Å². The highest BCUT2D eigenvalue weighted by Crippen LogP contribution is 2.32. The summed E-state index contributed by atoms with van der Waals surface area (Å²) in [7, 11) is 1.62. The zero-order valence-corrected chi connectivity index (χ0v) is 18.5. The predicted octanol–water partition coefficient (Wildman–Crippen LogP) is 3.13. The Morgan fingerprint density at radius 1 is 1.13 bits per heavy atom. The molecule has 0 N–H and O–H groups in total. The summed E-state index contributed by atoms with van der Waals surface area (Å²) in [6, 6.07) is 7.68. The first-order valence-corrected chi connectivity index (χ1v) is 11.3. The number of aryl methyl sites for hydroxylation is 1. The van der Waals surface area contributed by atoms with Crippen LogP contribution in [-0.4, -0.2) is 64.2 Å². The molecule has 4 rings (SSSR count). The lowest BCUT2D eigenvalue weighted by Crippen LogP contribution is -2.51. The maximum atomic E-state index is 13.3. The fraction of sp³-hybridized carbons (Fsp3) is 0.542. The quantitative estimate of drug-likeness (QED) is 0.740. The van der Waals surface area contributed by atoms with Crippen LogP contribution in [-0.2, 0) is 11.3 Å². The van der Waals surface area contributed by atoms with E-state index in [2.05, 4.69) is 10.00 Å². The maximum absolute atomic E-state index is 13.3. The van der Waals surface area contributed by atoms with Gasteiger partial charge in [-0.1, -0.05) is 6.07 Å². The smallest absolute Gasteiger partial charge is 0.254 e. The summed E-state index contributed by atoms with van der Waals surface area (Å²) in [4.78, 5) is 30.0. The minimum absolute atomic E-state index is 0.0937. The third-order valence-corrected chi connectivity index (χ3v) is 6.62. The molecule has 2 saturated heterocycles. The van der Waals surface area contributed by atoms with Gasteiger partial charge in [0.05, 0.1) is 13.3 Å². The van der Waals surface area contributed by atoms with E-state index in [0.717, 1.165) is 57.3 Å². The van der Waals surface area contributed by atoms with Crippen molar-refractivity contribution in [1.82, 2.24) is 19.6 Å². The third kappa shape index (κ3) is 4.92. The Hall–Kier alpha value is -2.83. The molecule has 2 fully saturated rings. The van der Waals surface area contributed by atoms with Crippen molar-refractivity contribution in [2.45, 2.75) is 51.6 Å². The van der Waals surface area contributed by atoms with Gasteiger partial charge in [0, 0.05) is 37.4 Å². The lowest BCUT2D eigenvalue weighted by atomic mass is 9.83. The minimum atomic E-state index is 0.0937. The van der Waals surface area contributed by atoms with Gasteiger partial charge in [0.15, 0.2) is 0 Å². The predicted molar refractivity (Wildman–Crippen MR) is 118 cm³/mol. The SMILES string of the molecule is COc1cccc(C(=O)N2CCCCC2C2CCN(C(=O)Cn3cc(C)cn3)CC2)c1. The van der Waals surface area contributed by atoms with E-state index in [1.165, 1.54) is 0 Å². The van der Waals surface area contributed by atoms with Crippen molar-refractivity contribution in [3.8, 4) is 5.75 Å². The average Bonchev–Trinajstić information content (AvgIpc) is 3.23. The number of aromatic nitrogens is 2. The Bertz CT molecular complexity index is 917. The molecular weight excluding hydrogens is 392 g/mol. The Morgan fingerprint density at radius 2 is 1.94 bits per heavy atom. The van der Waals surface area contributed by atoms with E-state index in [9.17, 15) is 9.59 Å². The average molecular weight is 425 g/mol. The molecule has 2 aliphatic rings. The second-order valence-electron chi connectivity index (χ2n) is 8.73. The van der Waals surface area contributed by atoms with Crippen LogP contribution in [0.25, 0.3) is 0 Å². The Morgan fingerprint density at radius 3 is 2.65 bits per heavy atom. The van der Waals surface area contributed by atoms with E-state index in [4.69, 9.17) is 4.74 Å². The van der Waals surface area contributed by atoms with Gasteiger partial charge >= 0.3 is 0 Å². The fourth-order valence-electron chi connectivity index (χ4n) is 4.95. The Labute approximate surface area is 184 Å². The molecule has 2 aromatic rings. The van der Waals surface area contributed by atoms with Crippen molar-refractivity contribution in [3.05, 3.63) is 47.8 Å². The first kappa shape index (κ1) is 21.4. The Kier molecular flexibility index (Phi) is 6.59. The van der Waals surface area contributed by atoms with Gasteiger partial charge in [-0.3, -0.25) is 14.3 Å². The monoisotopic (exact) mass is 424 g/mol. The zero-order valence-electron chi connectivity index (χ0n) is 18.5. The molecule has 0 aliphatic carbocycles. The highest BCUT2D eigenvalue weighted by Gasteiger charge is 2.36. The molecule has 1 aromatic carbocycles. The van der Waals surface area contributed by atoms with Gasteiger partial charge in [-0.15, -0.1) is 0 Å². The molecule has 166 valence electrons. The lowest BCUT2D eigenvalue weighted by molar-refractivity contribution is -0.133. The second-order valence-corrected chi connectivity index (χ2v) is 8.73. The molecule has 0 spiro atoms. The van der Waals surface area contributed by atoms with E-state index in [-0.39, 0.29) is 17.9 Å². The molecule has 2 aliphatic heterocycles. The highest BCUT2D eigenvalue weighted by molar-refractivity contribution is 5.95. The number of methoxy groups -OCH3 is 1. The Balaban J connectivity index is 1.38. The maximum Gasteiger partial charge on any atom is 0.254 e. The molecule has 0 radical (unpaired) electrons. The van der Waals surface area contributed by atoms with Crippen molar-refractivity contribution < 1.29 is 14.3 Å². The number of nitrogens with zero attached hydrogens (tertiary/aromatic N) is 4. The van der Waals surface area contributed by atoms with Crippen molar-refractivity contribution in [2.75, 3.05) is 26.7 Å². The van der Waals surface area contributed by atoms with Crippen LogP contribution in [0, 0.1) is 12.8 Å². The number of hydrogen-bond acceptors (Lipinski definition) is 4. The number of carbonyl (C=O) groups is 2. The van der Waals surface area contributed by atoms with E-state index < -0.39 is 0 Å². The number of benzene rings is 1. The van der Waals surface area contributed by atoms with Gasteiger partial charge < -0.3 is 14.5 Å². The van der Waals surface area contributed by atoms with Gasteiger partial charge in [-0.25, -0.2) is 0 Å². The molecule has 1 aromatic heterocycles. The van der Waals surface area contributed by atoms with E-state index in [0.29, 0.717) is 23.8 Å². The van der Waals surface area contributed by atoms with Crippen LogP contribution in [0.4, 0.5) is 0 Å². The molecule has 7 nitrogen and oxygen atoms in total. The van der Waals surface area contributed by atoms with Crippen LogP contribution in [0.15, 0.2) is 36.7 Å². The van der Waals surface area contributed by atoms with Crippen molar-refractivity contribution in [1.29, 1.82) is 0 Å². The van der Waals surface area contributed by atoms with Gasteiger partial charge in [-0.05, 0) is 68.7 Å². The molecule has 1 unspecified atom stereocenters. The number of ether oxygens (including phenoxy) is 1. The topological polar surface area (TPSA) is 67.7 Å². The van der Waals surface area contributed by atoms with Crippen molar-refractivity contribution >= 4 is 11.8 Å². The van der Waals surface area contributed by atoms with E-state index in [1.807, 2.05) is 42.3 Å². The standard InChI is InChI=1S/C24H32N4O3/c1-18-15-25-27(16-18)17-23(29)26-12-9-19(10-13-26)22-8-3-4-11-28(22)24(30)20-6-5-7-21(14-20)31-2/h5-7,14-16,19,22H,3-4,8-13,17H2,1-2H3. The molecule has 2 amide bonds. The summed E-state index contributed by atoms with van der Waals surface area (Å²) in [5.41, 5.74) is 1.75. The third-order valence-electron chi connectivity index (χ3n) is 6.62. The van der Waals surface area contributed by atoms with Crippen LogP contribution in [0.2, 0.25) is 0 Å². The number of rotatable bonds is 5. The van der Waals surface area contributed by atoms with E-state index >= 15 is 0 Å². The van der Waals surface area contributed by atoms with Crippen LogP contribution in [0.5, 0.6) is 5.75 Å².